The molecule has 0 radical (unpaired) electrons. The van der Waals surface area contributed by atoms with Gasteiger partial charge in [-0.1, -0.05) is 61.5 Å². The number of hydrazone groups is 1. The Balaban J connectivity index is 1.84. The summed E-state index contributed by atoms with van der Waals surface area (Å²) in [5.74, 6) is -0.846. The number of carbonyl (C=O) groups excluding carboxylic acids is 2. The molecule has 1 aliphatic rings. The Morgan fingerprint density at radius 2 is 1.75 bits per heavy atom. The summed E-state index contributed by atoms with van der Waals surface area (Å²) in [7, 11) is 0. The number of primary amides is 1. The molecular formula is C24H22FN5O2. The summed E-state index contributed by atoms with van der Waals surface area (Å²) in [6, 6.07) is 19.3. The van der Waals surface area contributed by atoms with Crippen LogP contribution in [0.1, 0.15) is 29.2 Å². The lowest BCUT2D eigenvalue weighted by molar-refractivity contribution is -0.117. The Bertz CT molecular complexity index is 1190. The van der Waals surface area contributed by atoms with Crippen LogP contribution in [0.15, 0.2) is 77.9 Å². The van der Waals surface area contributed by atoms with Gasteiger partial charge in [-0.15, -0.1) is 0 Å². The number of hydrogen-bond donors (Lipinski definition) is 4. The van der Waals surface area contributed by atoms with Crippen LogP contribution in [-0.2, 0) is 16.9 Å². The number of nitrogens with zero attached hydrogens (tertiary/aromatic N) is 1. The molecule has 4 rings (SSSR count). The molecule has 162 valence electrons. The molecule has 0 bridgehead atoms. The van der Waals surface area contributed by atoms with Gasteiger partial charge >= 0.3 is 6.03 Å². The van der Waals surface area contributed by atoms with E-state index in [0.717, 1.165) is 12.0 Å². The topological polar surface area (TPSA) is 109 Å². The van der Waals surface area contributed by atoms with Gasteiger partial charge in [-0.25, -0.2) is 9.18 Å². The normalized spacial score (nSPS) is 17.7. The van der Waals surface area contributed by atoms with E-state index in [1.165, 1.54) is 12.1 Å². The van der Waals surface area contributed by atoms with E-state index in [2.05, 4.69) is 28.1 Å². The van der Waals surface area contributed by atoms with Crippen LogP contribution in [0.4, 0.5) is 14.9 Å². The van der Waals surface area contributed by atoms with Gasteiger partial charge in [0.2, 0.25) is 0 Å². The highest BCUT2D eigenvalue weighted by Crippen LogP contribution is 2.34. The molecule has 1 atom stereocenters. The van der Waals surface area contributed by atoms with Crippen molar-refractivity contribution in [1.29, 1.82) is 0 Å². The zero-order chi connectivity index (χ0) is 22.7. The third kappa shape index (κ3) is 3.90. The number of hydrogen-bond acceptors (Lipinski definition) is 4. The molecule has 1 heterocycles. The molecule has 32 heavy (non-hydrogen) atoms. The van der Waals surface area contributed by atoms with Crippen molar-refractivity contribution in [2.45, 2.75) is 19.0 Å². The second-order valence-electron chi connectivity index (χ2n) is 7.37. The van der Waals surface area contributed by atoms with Crippen molar-refractivity contribution >= 4 is 23.3 Å². The second-order valence-corrected chi connectivity index (χ2v) is 7.37. The number of aryl methyl sites for hydroxylation is 1. The van der Waals surface area contributed by atoms with E-state index in [0.29, 0.717) is 22.4 Å². The minimum atomic E-state index is -1.36. The van der Waals surface area contributed by atoms with E-state index in [1.807, 2.05) is 24.3 Å². The van der Waals surface area contributed by atoms with E-state index < -0.39 is 23.4 Å². The molecule has 7 nitrogen and oxygen atoms in total. The fourth-order valence-electron chi connectivity index (χ4n) is 3.71. The molecular weight excluding hydrogens is 409 g/mol. The first-order chi connectivity index (χ1) is 15.4. The number of nitrogens with one attached hydrogen (secondary N) is 3. The van der Waals surface area contributed by atoms with Gasteiger partial charge in [0, 0.05) is 16.7 Å². The minimum Gasteiger partial charge on any atom is -0.351 e. The Morgan fingerprint density at radius 3 is 2.38 bits per heavy atom. The monoisotopic (exact) mass is 431 g/mol. The third-order valence-corrected chi connectivity index (χ3v) is 5.35. The van der Waals surface area contributed by atoms with Crippen LogP contribution in [0.2, 0.25) is 0 Å². The van der Waals surface area contributed by atoms with Crippen LogP contribution in [-0.4, -0.2) is 17.6 Å². The van der Waals surface area contributed by atoms with Gasteiger partial charge in [0.15, 0.2) is 11.4 Å². The van der Waals surface area contributed by atoms with Crippen LogP contribution < -0.4 is 21.8 Å². The van der Waals surface area contributed by atoms with Crippen molar-refractivity contribution in [2.75, 3.05) is 5.32 Å². The fourth-order valence-corrected chi connectivity index (χ4v) is 3.71. The molecule has 5 N–H and O–H groups in total. The smallest absolute Gasteiger partial charge is 0.316 e. The van der Waals surface area contributed by atoms with Gasteiger partial charge in [-0.2, -0.15) is 5.10 Å². The van der Waals surface area contributed by atoms with Crippen LogP contribution in [0.25, 0.3) is 0 Å². The molecule has 0 fully saturated rings. The summed E-state index contributed by atoms with van der Waals surface area (Å²) < 4.78 is 13.6. The molecule has 3 aromatic carbocycles. The summed E-state index contributed by atoms with van der Waals surface area (Å²) in [6.07, 6.45) is 0.883. The number of amides is 3. The van der Waals surface area contributed by atoms with Gasteiger partial charge in [0.05, 0.1) is 5.69 Å². The number of urea groups is 1. The minimum absolute atomic E-state index is 0.214. The second kappa shape index (κ2) is 8.50. The van der Waals surface area contributed by atoms with Crippen LogP contribution in [0, 0.1) is 5.82 Å². The van der Waals surface area contributed by atoms with E-state index in [4.69, 9.17) is 5.73 Å². The predicted octanol–water partition coefficient (Wildman–Crippen LogP) is 3.20. The van der Waals surface area contributed by atoms with Crippen LogP contribution >= 0.6 is 0 Å². The quantitative estimate of drug-likeness (QED) is 0.498. The molecule has 1 aliphatic heterocycles. The van der Waals surface area contributed by atoms with Crippen molar-refractivity contribution in [3.05, 3.63) is 101 Å². The van der Waals surface area contributed by atoms with Gasteiger partial charge in [0.1, 0.15) is 5.82 Å². The largest absolute Gasteiger partial charge is 0.351 e. The average molecular weight is 431 g/mol. The van der Waals surface area contributed by atoms with Crippen molar-refractivity contribution in [2.24, 2.45) is 10.8 Å². The number of halogens is 1. The highest BCUT2D eigenvalue weighted by Gasteiger charge is 2.42. The lowest BCUT2D eigenvalue weighted by Gasteiger charge is -2.39. The van der Waals surface area contributed by atoms with Gasteiger partial charge in [-0.3, -0.25) is 10.2 Å². The van der Waals surface area contributed by atoms with E-state index in [9.17, 15) is 14.0 Å². The Kier molecular flexibility index (Phi) is 5.59. The number of anilines is 1. The fraction of sp³-hybridized carbons (Fsp3) is 0.125. The predicted molar refractivity (Wildman–Crippen MR) is 120 cm³/mol. The lowest BCUT2D eigenvalue weighted by Crippen LogP contribution is -2.60. The maximum absolute atomic E-state index is 13.6. The summed E-state index contributed by atoms with van der Waals surface area (Å²) >= 11 is 0. The molecule has 0 spiro atoms. The first-order valence-electron chi connectivity index (χ1n) is 10.1. The van der Waals surface area contributed by atoms with Crippen LogP contribution in [0.5, 0.6) is 0 Å². The van der Waals surface area contributed by atoms with Crippen LogP contribution in [0.3, 0.4) is 0 Å². The highest BCUT2D eigenvalue weighted by atomic mass is 19.1. The Morgan fingerprint density at radius 1 is 1.06 bits per heavy atom. The molecule has 1 unspecified atom stereocenters. The third-order valence-electron chi connectivity index (χ3n) is 5.35. The van der Waals surface area contributed by atoms with Gasteiger partial charge in [0.25, 0.3) is 5.91 Å². The van der Waals surface area contributed by atoms with Gasteiger partial charge < -0.3 is 16.4 Å². The van der Waals surface area contributed by atoms with E-state index in [-0.39, 0.29) is 5.71 Å². The van der Waals surface area contributed by atoms with Crippen molar-refractivity contribution in [3.8, 4) is 0 Å². The summed E-state index contributed by atoms with van der Waals surface area (Å²) in [5.41, 5.74) is 10.4. The van der Waals surface area contributed by atoms with E-state index >= 15 is 0 Å². The first kappa shape index (κ1) is 21.0. The molecule has 0 saturated heterocycles. The zero-order valence-corrected chi connectivity index (χ0v) is 17.4. The maximum Gasteiger partial charge on any atom is 0.316 e. The first-order valence-corrected chi connectivity index (χ1v) is 10.1. The number of nitrogens with two attached hydrogens (primary N) is 1. The summed E-state index contributed by atoms with van der Waals surface area (Å²) in [5, 5.41) is 9.95. The Labute approximate surface area is 184 Å². The lowest BCUT2D eigenvalue weighted by atomic mass is 9.88. The number of benzene rings is 3. The summed E-state index contributed by atoms with van der Waals surface area (Å²) in [6.45, 7) is 2.05. The molecule has 0 aromatic heterocycles. The number of para-hydroxylation sites is 1. The molecule has 0 aliphatic carbocycles. The maximum atomic E-state index is 13.6. The zero-order valence-electron chi connectivity index (χ0n) is 17.4. The average Bonchev–Trinajstić information content (AvgIpc) is 2.79. The standard InChI is InChI=1S/C24H22FN5O2/c1-2-15-7-9-16(10-8-15)21-22(31)28-24(30-29-21,17-11-13-18(25)14-12-17)19-5-3-4-6-20(19)27-23(26)32/h3-14,30H,2H2,1H3,(H,28,31)(H3,26,27,32). The van der Waals surface area contributed by atoms with Gasteiger partial charge in [-0.05, 0) is 30.2 Å². The summed E-state index contributed by atoms with van der Waals surface area (Å²) in [4.78, 5) is 24.8. The van der Waals surface area contributed by atoms with Crippen molar-refractivity contribution in [3.63, 3.8) is 0 Å². The molecule has 3 aromatic rings. The van der Waals surface area contributed by atoms with Crippen molar-refractivity contribution < 1.29 is 14.0 Å². The highest BCUT2D eigenvalue weighted by molar-refractivity contribution is 6.45. The number of carbonyl (C=O) groups is 2. The van der Waals surface area contributed by atoms with Crippen molar-refractivity contribution in [1.82, 2.24) is 10.7 Å². The molecule has 3 amide bonds. The molecule has 0 saturated carbocycles. The Hall–Kier alpha value is -4.20. The number of rotatable bonds is 5. The van der Waals surface area contributed by atoms with E-state index in [1.54, 1.807) is 36.4 Å². The molecule has 8 heteroatoms. The SMILES string of the molecule is CCc1ccc(C2=NNC(c3ccc(F)cc3)(c3ccccc3NC(N)=O)NC2=O)cc1.